The Kier molecular flexibility index (Phi) is 7.57. The van der Waals surface area contributed by atoms with Gasteiger partial charge >= 0.3 is 6.36 Å². The highest BCUT2D eigenvalue weighted by atomic mass is 19.4. The van der Waals surface area contributed by atoms with E-state index in [1.807, 2.05) is 42.0 Å². The zero-order valence-corrected chi connectivity index (χ0v) is 21.7. The lowest BCUT2D eigenvalue weighted by molar-refractivity contribution is -0.375. The van der Waals surface area contributed by atoms with E-state index in [-0.39, 0.29) is 11.3 Å². The number of anilines is 1. The molecular weight excluding hydrogens is 531 g/mol. The fraction of sp³-hybridized carbons (Fsp3) is 0.370. The van der Waals surface area contributed by atoms with Crippen LogP contribution >= 0.6 is 0 Å². The summed E-state index contributed by atoms with van der Waals surface area (Å²) in [6.45, 7) is 6.27. The fourth-order valence-electron chi connectivity index (χ4n) is 4.73. The summed E-state index contributed by atoms with van der Waals surface area (Å²) in [5.74, 6) is 0.312. The Morgan fingerprint density at radius 1 is 1.10 bits per heavy atom. The van der Waals surface area contributed by atoms with Crippen LogP contribution in [-0.4, -0.2) is 70.7 Å². The van der Waals surface area contributed by atoms with Crippen molar-refractivity contribution in [2.45, 2.75) is 25.4 Å². The molecule has 0 amide bonds. The van der Waals surface area contributed by atoms with E-state index in [0.717, 1.165) is 36.7 Å². The van der Waals surface area contributed by atoms with Gasteiger partial charge in [0.15, 0.2) is 5.60 Å². The van der Waals surface area contributed by atoms with E-state index in [4.69, 9.17) is 9.47 Å². The molecule has 0 bridgehead atoms. The second-order valence-corrected chi connectivity index (χ2v) is 9.88. The van der Waals surface area contributed by atoms with Crippen LogP contribution in [0.2, 0.25) is 0 Å². The van der Waals surface area contributed by atoms with Crippen LogP contribution in [0.4, 0.5) is 18.9 Å². The maximum Gasteiger partial charge on any atom is 0.573 e. The number of ether oxygens (including phenoxy) is 3. The average Bonchev–Trinajstić information content (AvgIpc) is 3.47. The predicted molar refractivity (Wildman–Crippen MR) is 140 cm³/mol. The van der Waals surface area contributed by atoms with Crippen LogP contribution in [0, 0.1) is 10.1 Å². The Balaban J connectivity index is 1.10. The van der Waals surface area contributed by atoms with Crippen molar-refractivity contribution < 1.29 is 32.3 Å². The standard InChI is InChI=1S/C27H28F3N5O5/c1-26(18-34-13-11-31-25(34)40-26)19-38-22-8-4-21(5-9-22)33-16-14-32(15-17-33)12-10-24(35(36)37)20-2-6-23(7-3-20)39-27(28,29)30/h2-11,13H,12,14-19H2,1H3/t26-/m1/s1. The van der Waals surface area contributed by atoms with E-state index in [0.29, 0.717) is 38.8 Å². The maximum atomic E-state index is 12.4. The Labute approximate surface area is 228 Å². The van der Waals surface area contributed by atoms with Gasteiger partial charge in [-0.05, 0) is 55.5 Å². The van der Waals surface area contributed by atoms with Gasteiger partial charge in [-0.25, -0.2) is 4.98 Å². The summed E-state index contributed by atoms with van der Waals surface area (Å²) in [4.78, 5) is 19.6. The van der Waals surface area contributed by atoms with Crippen molar-refractivity contribution in [3.63, 3.8) is 0 Å². The van der Waals surface area contributed by atoms with Crippen molar-refractivity contribution in [2.24, 2.45) is 0 Å². The number of halogens is 3. The summed E-state index contributed by atoms with van der Waals surface area (Å²) in [7, 11) is 0. The van der Waals surface area contributed by atoms with E-state index < -0.39 is 22.6 Å². The van der Waals surface area contributed by atoms with Crippen LogP contribution in [0.5, 0.6) is 17.5 Å². The molecule has 212 valence electrons. The molecule has 1 saturated heterocycles. The van der Waals surface area contributed by atoms with Gasteiger partial charge in [0, 0.05) is 56.9 Å². The van der Waals surface area contributed by atoms with E-state index in [9.17, 15) is 23.3 Å². The molecule has 10 nitrogen and oxygen atoms in total. The molecule has 0 radical (unpaired) electrons. The molecule has 0 N–H and O–H groups in total. The molecule has 2 aliphatic heterocycles. The molecule has 0 spiro atoms. The lowest BCUT2D eigenvalue weighted by Gasteiger charge is -2.35. The maximum absolute atomic E-state index is 12.4. The van der Waals surface area contributed by atoms with Crippen LogP contribution < -0.4 is 19.1 Å². The number of aromatic nitrogens is 2. The highest BCUT2D eigenvalue weighted by Gasteiger charge is 2.36. The fourth-order valence-corrected chi connectivity index (χ4v) is 4.73. The Hall–Kier alpha value is -4.26. The molecule has 0 unspecified atom stereocenters. The van der Waals surface area contributed by atoms with Gasteiger partial charge in [-0.3, -0.25) is 19.6 Å². The molecule has 2 aromatic carbocycles. The number of alkyl halides is 3. The van der Waals surface area contributed by atoms with Crippen LogP contribution in [0.25, 0.3) is 5.70 Å². The van der Waals surface area contributed by atoms with E-state index in [1.165, 1.54) is 18.2 Å². The van der Waals surface area contributed by atoms with Crippen LogP contribution in [0.15, 0.2) is 67.0 Å². The highest BCUT2D eigenvalue weighted by molar-refractivity contribution is 5.59. The second-order valence-electron chi connectivity index (χ2n) is 9.88. The summed E-state index contributed by atoms with van der Waals surface area (Å²) < 4.78 is 54.8. The van der Waals surface area contributed by atoms with Crippen molar-refractivity contribution in [1.82, 2.24) is 14.5 Å². The summed E-state index contributed by atoms with van der Waals surface area (Å²) >= 11 is 0. The third-order valence-corrected chi connectivity index (χ3v) is 6.76. The van der Waals surface area contributed by atoms with Gasteiger partial charge in [0.05, 0.1) is 17.0 Å². The number of benzene rings is 2. The molecule has 1 atom stereocenters. The number of nitrogens with zero attached hydrogens (tertiary/aromatic N) is 5. The first-order valence-electron chi connectivity index (χ1n) is 12.7. The van der Waals surface area contributed by atoms with Gasteiger partial charge in [0.1, 0.15) is 18.1 Å². The van der Waals surface area contributed by atoms with Crippen LogP contribution in [-0.2, 0) is 6.54 Å². The summed E-state index contributed by atoms with van der Waals surface area (Å²) in [5, 5.41) is 11.6. The minimum absolute atomic E-state index is 0.168. The SMILES string of the molecule is C[C@]1(COc2ccc(N3CCN(CC=C(c4ccc(OC(F)(F)F)cc4)[N+](=O)[O-])CC3)cc2)Cn2ccnc2O1. The number of fused-ring (bicyclic) bond motifs is 1. The monoisotopic (exact) mass is 559 g/mol. The zero-order chi connectivity index (χ0) is 28.3. The first-order chi connectivity index (χ1) is 19.1. The number of hydrogen-bond donors (Lipinski definition) is 0. The highest BCUT2D eigenvalue weighted by Crippen LogP contribution is 2.29. The number of piperazine rings is 1. The number of imidazole rings is 1. The van der Waals surface area contributed by atoms with Gasteiger partial charge in [0.25, 0.3) is 11.7 Å². The van der Waals surface area contributed by atoms with Crippen LogP contribution in [0.1, 0.15) is 12.5 Å². The van der Waals surface area contributed by atoms with Crippen molar-refractivity contribution in [3.8, 4) is 17.5 Å². The Bertz CT molecular complexity index is 1330. The normalized spacial score (nSPS) is 19.7. The van der Waals surface area contributed by atoms with E-state index in [2.05, 4.69) is 19.5 Å². The molecule has 1 fully saturated rings. The largest absolute Gasteiger partial charge is 0.573 e. The number of nitro groups is 1. The quantitative estimate of drug-likeness (QED) is 0.280. The lowest BCUT2D eigenvalue weighted by Crippen LogP contribution is -2.46. The molecule has 3 aromatic rings. The van der Waals surface area contributed by atoms with Gasteiger partial charge in [-0.2, -0.15) is 0 Å². The van der Waals surface area contributed by atoms with Gasteiger partial charge in [-0.15, -0.1) is 13.2 Å². The Morgan fingerprint density at radius 2 is 1.77 bits per heavy atom. The van der Waals surface area contributed by atoms with Crippen molar-refractivity contribution in [2.75, 3.05) is 44.2 Å². The Morgan fingerprint density at radius 3 is 2.40 bits per heavy atom. The third kappa shape index (κ3) is 6.65. The van der Waals surface area contributed by atoms with Crippen molar-refractivity contribution in [1.29, 1.82) is 0 Å². The molecule has 2 aliphatic rings. The summed E-state index contributed by atoms with van der Waals surface area (Å²) in [6, 6.07) is 13.1. The number of hydrogen-bond acceptors (Lipinski definition) is 8. The minimum Gasteiger partial charge on any atom is -0.489 e. The topological polar surface area (TPSA) is 95.1 Å². The van der Waals surface area contributed by atoms with Crippen molar-refractivity contribution in [3.05, 3.63) is 82.7 Å². The molecule has 40 heavy (non-hydrogen) atoms. The van der Waals surface area contributed by atoms with Gasteiger partial charge in [-0.1, -0.05) is 0 Å². The summed E-state index contributed by atoms with van der Waals surface area (Å²) in [6.07, 6.45) is 0.253. The first-order valence-corrected chi connectivity index (χ1v) is 12.7. The molecular formula is C27H28F3N5O5. The molecule has 0 aliphatic carbocycles. The van der Waals surface area contributed by atoms with Crippen LogP contribution in [0.3, 0.4) is 0 Å². The first kappa shape index (κ1) is 27.3. The molecule has 5 rings (SSSR count). The van der Waals surface area contributed by atoms with Gasteiger partial charge < -0.3 is 19.1 Å². The minimum atomic E-state index is -4.82. The second kappa shape index (κ2) is 11.1. The lowest BCUT2D eigenvalue weighted by atomic mass is 10.1. The molecule has 13 heteroatoms. The third-order valence-electron chi connectivity index (χ3n) is 6.76. The number of rotatable bonds is 9. The van der Waals surface area contributed by atoms with E-state index >= 15 is 0 Å². The average molecular weight is 560 g/mol. The van der Waals surface area contributed by atoms with Gasteiger partial charge in [0.2, 0.25) is 0 Å². The summed E-state index contributed by atoms with van der Waals surface area (Å²) in [5.41, 5.74) is 0.615. The molecule has 0 saturated carbocycles. The molecule has 1 aromatic heterocycles. The smallest absolute Gasteiger partial charge is 0.489 e. The van der Waals surface area contributed by atoms with Crippen molar-refractivity contribution >= 4 is 11.4 Å². The molecule has 3 heterocycles. The zero-order valence-electron chi connectivity index (χ0n) is 21.7. The predicted octanol–water partition coefficient (Wildman–Crippen LogP) is 4.45. The van der Waals surface area contributed by atoms with E-state index in [1.54, 1.807) is 6.20 Å².